The Balaban J connectivity index is 1.79. The van der Waals surface area contributed by atoms with Crippen LogP contribution in [0, 0.1) is 0 Å². The SMILES string of the molecule is CNS(=O)(=O)C1CCN(C(=O)c2cccnc2N2CCCC2)C1. The molecule has 0 radical (unpaired) electrons. The van der Waals surface area contributed by atoms with E-state index in [-0.39, 0.29) is 12.5 Å². The number of nitrogens with one attached hydrogen (secondary N) is 1. The number of pyridine rings is 1. The fourth-order valence-electron chi connectivity index (χ4n) is 3.25. The predicted molar refractivity (Wildman–Crippen MR) is 88.0 cm³/mol. The number of likely N-dealkylation sites (tertiary alicyclic amines) is 1. The number of anilines is 1. The summed E-state index contributed by atoms with van der Waals surface area (Å²) in [4.78, 5) is 21.0. The van der Waals surface area contributed by atoms with Crippen LogP contribution in [0.3, 0.4) is 0 Å². The van der Waals surface area contributed by atoms with E-state index in [9.17, 15) is 13.2 Å². The topological polar surface area (TPSA) is 82.6 Å². The normalized spacial score (nSPS) is 21.9. The molecule has 3 rings (SSSR count). The molecule has 1 N–H and O–H groups in total. The molecule has 2 aliphatic heterocycles. The number of aromatic nitrogens is 1. The Morgan fingerprint density at radius 2 is 2.04 bits per heavy atom. The Hall–Kier alpha value is -1.67. The van der Waals surface area contributed by atoms with Crippen LogP contribution in [0.1, 0.15) is 29.6 Å². The lowest BCUT2D eigenvalue weighted by Gasteiger charge is -2.22. The minimum absolute atomic E-state index is 0.131. The molecule has 0 spiro atoms. The van der Waals surface area contributed by atoms with Crippen molar-refractivity contribution in [3.63, 3.8) is 0 Å². The Labute approximate surface area is 136 Å². The van der Waals surface area contributed by atoms with Crippen molar-refractivity contribution < 1.29 is 13.2 Å². The zero-order chi connectivity index (χ0) is 16.4. The fourth-order valence-corrected chi connectivity index (χ4v) is 4.37. The van der Waals surface area contributed by atoms with Crippen LogP contribution in [0.2, 0.25) is 0 Å². The van der Waals surface area contributed by atoms with E-state index in [1.807, 2.05) is 0 Å². The van der Waals surface area contributed by atoms with Crippen LogP contribution in [0.15, 0.2) is 18.3 Å². The molecule has 8 heteroatoms. The number of amides is 1. The maximum Gasteiger partial charge on any atom is 0.257 e. The molecule has 1 atom stereocenters. The van der Waals surface area contributed by atoms with Crippen molar-refractivity contribution in [1.82, 2.24) is 14.6 Å². The van der Waals surface area contributed by atoms with E-state index >= 15 is 0 Å². The van der Waals surface area contributed by atoms with Crippen molar-refractivity contribution in [1.29, 1.82) is 0 Å². The number of carbonyl (C=O) groups excluding carboxylic acids is 1. The van der Waals surface area contributed by atoms with Crippen LogP contribution in [0.5, 0.6) is 0 Å². The van der Waals surface area contributed by atoms with Crippen molar-refractivity contribution >= 4 is 21.7 Å². The van der Waals surface area contributed by atoms with Gasteiger partial charge in [-0.05, 0) is 38.4 Å². The first-order valence-corrected chi connectivity index (χ1v) is 9.49. The molecule has 2 saturated heterocycles. The minimum Gasteiger partial charge on any atom is -0.356 e. The Morgan fingerprint density at radius 3 is 2.74 bits per heavy atom. The molecule has 0 saturated carbocycles. The van der Waals surface area contributed by atoms with E-state index in [0.717, 1.165) is 31.7 Å². The molecule has 1 unspecified atom stereocenters. The Kier molecular flexibility index (Phi) is 4.54. The van der Waals surface area contributed by atoms with E-state index in [4.69, 9.17) is 0 Å². The first kappa shape index (κ1) is 16.2. The van der Waals surface area contributed by atoms with Gasteiger partial charge in [-0.25, -0.2) is 18.1 Å². The van der Waals surface area contributed by atoms with Crippen LogP contribution in [-0.2, 0) is 10.0 Å². The number of nitrogens with zero attached hydrogens (tertiary/aromatic N) is 3. The summed E-state index contributed by atoms with van der Waals surface area (Å²) in [5.74, 6) is 0.587. The van der Waals surface area contributed by atoms with Gasteiger partial charge in [-0.1, -0.05) is 0 Å². The van der Waals surface area contributed by atoms with Gasteiger partial charge in [-0.3, -0.25) is 4.79 Å². The number of hydrogen-bond acceptors (Lipinski definition) is 5. The number of sulfonamides is 1. The number of hydrogen-bond donors (Lipinski definition) is 1. The third-order valence-corrected chi connectivity index (χ3v) is 6.41. The molecule has 0 bridgehead atoms. The number of carbonyl (C=O) groups is 1. The van der Waals surface area contributed by atoms with E-state index in [2.05, 4.69) is 14.6 Å². The second kappa shape index (κ2) is 6.45. The van der Waals surface area contributed by atoms with Crippen LogP contribution in [0.4, 0.5) is 5.82 Å². The third kappa shape index (κ3) is 3.18. The molecule has 23 heavy (non-hydrogen) atoms. The highest BCUT2D eigenvalue weighted by Crippen LogP contribution is 2.25. The smallest absolute Gasteiger partial charge is 0.257 e. The molecule has 1 amide bonds. The standard InChI is InChI=1S/C15H22N4O3S/c1-16-23(21,22)12-6-10-19(11-12)15(20)13-5-4-7-17-14(13)18-8-2-3-9-18/h4-5,7,12,16H,2-3,6,8-11H2,1H3. The van der Waals surface area contributed by atoms with Gasteiger partial charge in [-0.2, -0.15) is 0 Å². The first-order valence-electron chi connectivity index (χ1n) is 7.94. The summed E-state index contributed by atoms with van der Waals surface area (Å²) in [5.41, 5.74) is 0.567. The molecule has 3 heterocycles. The zero-order valence-electron chi connectivity index (χ0n) is 13.2. The van der Waals surface area contributed by atoms with Gasteiger partial charge in [-0.15, -0.1) is 0 Å². The van der Waals surface area contributed by atoms with E-state index < -0.39 is 15.3 Å². The van der Waals surface area contributed by atoms with Gasteiger partial charge < -0.3 is 9.80 Å². The summed E-state index contributed by atoms with van der Waals surface area (Å²) in [6.45, 7) is 2.51. The average Bonchev–Trinajstić information content (AvgIpc) is 3.26. The highest BCUT2D eigenvalue weighted by atomic mass is 32.2. The van der Waals surface area contributed by atoms with Crippen LogP contribution in [0.25, 0.3) is 0 Å². The van der Waals surface area contributed by atoms with Crippen molar-refractivity contribution in [3.05, 3.63) is 23.9 Å². The van der Waals surface area contributed by atoms with E-state index in [1.54, 1.807) is 23.2 Å². The maximum atomic E-state index is 12.8. The second-order valence-corrected chi connectivity index (χ2v) is 8.14. The molecule has 7 nitrogen and oxygen atoms in total. The second-order valence-electron chi connectivity index (χ2n) is 5.98. The van der Waals surface area contributed by atoms with Crippen LogP contribution < -0.4 is 9.62 Å². The lowest BCUT2D eigenvalue weighted by molar-refractivity contribution is 0.0793. The summed E-state index contributed by atoms with van der Waals surface area (Å²) in [6, 6.07) is 3.54. The molecule has 2 aliphatic rings. The molecular formula is C15H22N4O3S. The monoisotopic (exact) mass is 338 g/mol. The Bertz CT molecular complexity index is 686. The number of rotatable bonds is 4. The van der Waals surface area contributed by atoms with Crippen molar-refractivity contribution in [2.45, 2.75) is 24.5 Å². The van der Waals surface area contributed by atoms with E-state index in [1.165, 1.54) is 7.05 Å². The fraction of sp³-hybridized carbons (Fsp3) is 0.600. The molecule has 126 valence electrons. The Morgan fingerprint density at radius 1 is 1.30 bits per heavy atom. The quantitative estimate of drug-likeness (QED) is 0.862. The molecule has 1 aromatic rings. The van der Waals surface area contributed by atoms with Gasteiger partial charge in [0.25, 0.3) is 5.91 Å². The largest absolute Gasteiger partial charge is 0.356 e. The highest BCUT2D eigenvalue weighted by molar-refractivity contribution is 7.90. The maximum absolute atomic E-state index is 12.8. The van der Waals surface area contributed by atoms with Gasteiger partial charge in [0.1, 0.15) is 5.82 Å². The minimum atomic E-state index is -3.34. The summed E-state index contributed by atoms with van der Waals surface area (Å²) in [6.07, 6.45) is 4.38. The third-order valence-electron chi connectivity index (χ3n) is 4.58. The van der Waals surface area contributed by atoms with Crippen LogP contribution >= 0.6 is 0 Å². The predicted octanol–water partition coefficient (Wildman–Crippen LogP) is 0.446. The van der Waals surface area contributed by atoms with Crippen LogP contribution in [-0.4, -0.2) is 62.7 Å². The molecule has 0 aromatic carbocycles. The lowest BCUT2D eigenvalue weighted by Crippen LogP contribution is -2.36. The summed E-state index contributed by atoms with van der Waals surface area (Å²) < 4.78 is 26.2. The van der Waals surface area contributed by atoms with Crippen molar-refractivity contribution in [3.8, 4) is 0 Å². The molecule has 0 aliphatic carbocycles. The molecule has 1 aromatic heterocycles. The van der Waals surface area contributed by atoms with Gasteiger partial charge in [0, 0.05) is 32.4 Å². The molecule has 2 fully saturated rings. The summed E-state index contributed by atoms with van der Waals surface area (Å²) >= 11 is 0. The zero-order valence-corrected chi connectivity index (χ0v) is 14.1. The van der Waals surface area contributed by atoms with Crippen molar-refractivity contribution in [2.24, 2.45) is 0 Å². The average molecular weight is 338 g/mol. The van der Waals surface area contributed by atoms with Gasteiger partial charge in [0.2, 0.25) is 10.0 Å². The summed E-state index contributed by atoms with van der Waals surface area (Å²) in [5, 5.41) is -0.539. The summed E-state index contributed by atoms with van der Waals surface area (Å²) in [7, 11) is -1.93. The van der Waals surface area contributed by atoms with Gasteiger partial charge in [0.05, 0.1) is 10.8 Å². The van der Waals surface area contributed by atoms with Crippen molar-refractivity contribution in [2.75, 3.05) is 38.1 Å². The molecular weight excluding hydrogens is 316 g/mol. The first-order chi connectivity index (χ1) is 11.0. The highest BCUT2D eigenvalue weighted by Gasteiger charge is 2.35. The van der Waals surface area contributed by atoms with Gasteiger partial charge >= 0.3 is 0 Å². The van der Waals surface area contributed by atoms with E-state index in [0.29, 0.717) is 18.5 Å². The van der Waals surface area contributed by atoms with Gasteiger partial charge in [0.15, 0.2) is 0 Å². The lowest BCUT2D eigenvalue weighted by atomic mass is 10.2.